The van der Waals surface area contributed by atoms with Crippen molar-refractivity contribution in [1.82, 2.24) is 15.6 Å². The van der Waals surface area contributed by atoms with Gasteiger partial charge in [0.15, 0.2) is 0 Å². The van der Waals surface area contributed by atoms with E-state index in [1.807, 2.05) is 19.2 Å². The van der Waals surface area contributed by atoms with Crippen molar-refractivity contribution in [3.8, 4) is 0 Å². The minimum absolute atomic E-state index is 0. The summed E-state index contributed by atoms with van der Waals surface area (Å²) in [5, 5.41) is 9.32. The molecule has 1 aromatic heterocycles. The van der Waals surface area contributed by atoms with Gasteiger partial charge in [0.2, 0.25) is 5.91 Å². The predicted octanol–water partition coefficient (Wildman–Crippen LogP) is 2.44. The number of aromatic nitrogens is 1. The van der Waals surface area contributed by atoms with Crippen LogP contribution in [0.5, 0.6) is 0 Å². The number of carbonyl (C=O) groups is 1. The van der Waals surface area contributed by atoms with E-state index in [4.69, 9.17) is 0 Å². The number of halogens is 1. The number of thiazole rings is 1. The smallest absolute Gasteiger partial charge is 0.237 e. The number of nitrogens with one attached hydrogen (secondary N) is 2. The van der Waals surface area contributed by atoms with Crippen LogP contribution in [0.4, 0.5) is 0 Å². The molecule has 3 atom stereocenters. The number of rotatable bonds is 3. The molecule has 2 rings (SSSR count). The SMILES string of the molecule is Cc1csc(C(C)NC(=O)C2CC(C)CCN2)n1.Cl. The zero-order valence-electron chi connectivity index (χ0n) is 11.6. The summed E-state index contributed by atoms with van der Waals surface area (Å²) in [6.07, 6.45) is 2.08. The molecule has 108 valence electrons. The van der Waals surface area contributed by atoms with Gasteiger partial charge < -0.3 is 10.6 Å². The fourth-order valence-electron chi connectivity index (χ4n) is 2.25. The van der Waals surface area contributed by atoms with Gasteiger partial charge in [-0.25, -0.2) is 4.98 Å². The quantitative estimate of drug-likeness (QED) is 0.902. The van der Waals surface area contributed by atoms with Gasteiger partial charge in [-0.15, -0.1) is 23.7 Å². The van der Waals surface area contributed by atoms with Gasteiger partial charge in [0.25, 0.3) is 0 Å². The van der Waals surface area contributed by atoms with Crippen molar-refractivity contribution < 1.29 is 4.79 Å². The van der Waals surface area contributed by atoms with Crippen LogP contribution in [0.3, 0.4) is 0 Å². The fourth-order valence-corrected chi connectivity index (χ4v) is 3.06. The second-order valence-electron chi connectivity index (χ2n) is 5.19. The molecule has 0 saturated carbocycles. The highest BCUT2D eigenvalue weighted by atomic mass is 35.5. The van der Waals surface area contributed by atoms with Crippen molar-refractivity contribution in [2.45, 2.75) is 45.7 Å². The second kappa shape index (κ2) is 7.22. The zero-order valence-corrected chi connectivity index (χ0v) is 13.2. The molecule has 3 unspecified atom stereocenters. The normalized spacial score (nSPS) is 24.4. The predicted molar refractivity (Wildman–Crippen MR) is 80.8 cm³/mol. The minimum Gasteiger partial charge on any atom is -0.346 e. The average molecular weight is 304 g/mol. The third-order valence-corrected chi connectivity index (χ3v) is 4.49. The van der Waals surface area contributed by atoms with Crippen LogP contribution in [0.15, 0.2) is 5.38 Å². The van der Waals surface area contributed by atoms with E-state index in [2.05, 4.69) is 22.5 Å². The summed E-state index contributed by atoms with van der Waals surface area (Å²) in [6.45, 7) is 7.10. The molecule has 0 radical (unpaired) electrons. The van der Waals surface area contributed by atoms with Gasteiger partial charge in [-0.05, 0) is 39.2 Å². The summed E-state index contributed by atoms with van der Waals surface area (Å²) >= 11 is 1.60. The minimum atomic E-state index is -0.0442. The topological polar surface area (TPSA) is 54.0 Å². The van der Waals surface area contributed by atoms with E-state index in [-0.39, 0.29) is 30.4 Å². The summed E-state index contributed by atoms with van der Waals surface area (Å²) in [4.78, 5) is 16.5. The van der Waals surface area contributed by atoms with Crippen molar-refractivity contribution in [3.63, 3.8) is 0 Å². The third kappa shape index (κ3) is 4.44. The van der Waals surface area contributed by atoms with Crippen molar-refractivity contribution in [3.05, 3.63) is 16.1 Å². The molecule has 6 heteroatoms. The van der Waals surface area contributed by atoms with Crippen LogP contribution in [-0.4, -0.2) is 23.5 Å². The lowest BCUT2D eigenvalue weighted by Crippen LogP contribution is -2.48. The maximum Gasteiger partial charge on any atom is 0.237 e. The Kier molecular flexibility index (Phi) is 6.23. The summed E-state index contributed by atoms with van der Waals surface area (Å²) in [5.74, 6) is 0.723. The molecule has 1 aliphatic heterocycles. The first-order valence-electron chi connectivity index (χ1n) is 6.52. The summed E-state index contributed by atoms with van der Waals surface area (Å²) < 4.78 is 0. The molecule has 0 bridgehead atoms. The van der Waals surface area contributed by atoms with Crippen molar-refractivity contribution in [1.29, 1.82) is 0 Å². The molecule has 1 aliphatic rings. The van der Waals surface area contributed by atoms with Crippen LogP contribution >= 0.6 is 23.7 Å². The highest BCUT2D eigenvalue weighted by molar-refractivity contribution is 7.09. The Morgan fingerprint density at radius 3 is 2.95 bits per heavy atom. The maximum atomic E-state index is 12.1. The first-order valence-corrected chi connectivity index (χ1v) is 7.40. The number of carbonyl (C=O) groups excluding carboxylic acids is 1. The van der Waals surface area contributed by atoms with E-state index in [0.29, 0.717) is 5.92 Å². The fraction of sp³-hybridized carbons (Fsp3) is 0.692. The van der Waals surface area contributed by atoms with Crippen LogP contribution in [0.25, 0.3) is 0 Å². The Bertz CT molecular complexity index is 424. The van der Waals surface area contributed by atoms with E-state index in [1.165, 1.54) is 0 Å². The van der Waals surface area contributed by atoms with Gasteiger partial charge in [-0.1, -0.05) is 6.92 Å². The summed E-state index contributed by atoms with van der Waals surface area (Å²) in [7, 11) is 0. The second-order valence-corrected chi connectivity index (χ2v) is 6.08. The highest BCUT2D eigenvalue weighted by Crippen LogP contribution is 2.19. The van der Waals surface area contributed by atoms with Gasteiger partial charge in [0, 0.05) is 11.1 Å². The van der Waals surface area contributed by atoms with E-state index in [1.54, 1.807) is 11.3 Å². The number of nitrogens with zero attached hydrogens (tertiary/aromatic N) is 1. The molecule has 0 aliphatic carbocycles. The maximum absolute atomic E-state index is 12.1. The van der Waals surface area contributed by atoms with E-state index >= 15 is 0 Å². The Balaban J connectivity index is 0.00000180. The number of hydrogen-bond acceptors (Lipinski definition) is 4. The molecule has 1 aromatic rings. The first kappa shape index (κ1) is 16.4. The van der Waals surface area contributed by atoms with Crippen LogP contribution < -0.4 is 10.6 Å². The Hall–Kier alpha value is -0.650. The molecule has 2 heterocycles. The molecule has 2 N–H and O–H groups in total. The molecule has 1 saturated heterocycles. The van der Waals surface area contributed by atoms with Crippen molar-refractivity contribution >= 4 is 29.7 Å². The van der Waals surface area contributed by atoms with Gasteiger partial charge in [-0.3, -0.25) is 4.79 Å². The number of amides is 1. The largest absolute Gasteiger partial charge is 0.346 e. The molecule has 0 spiro atoms. The highest BCUT2D eigenvalue weighted by Gasteiger charge is 2.25. The van der Waals surface area contributed by atoms with Gasteiger partial charge in [0.05, 0.1) is 12.1 Å². The lowest BCUT2D eigenvalue weighted by atomic mass is 9.94. The van der Waals surface area contributed by atoms with Gasteiger partial charge >= 0.3 is 0 Å². The number of piperidine rings is 1. The van der Waals surface area contributed by atoms with Crippen molar-refractivity contribution in [2.75, 3.05) is 6.54 Å². The molecule has 19 heavy (non-hydrogen) atoms. The monoisotopic (exact) mass is 303 g/mol. The van der Waals surface area contributed by atoms with E-state index in [9.17, 15) is 4.79 Å². The third-order valence-electron chi connectivity index (χ3n) is 3.35. The Labute approximate surface area is 124 Å². The zero-order chi connectivity index (χ0) is 13.1. The van der Waals surface area contributed by atoms with Crippen LogP contribution in [-0.2, 0) is 4.79 Å². The summed E-state index contributed by atoms with van der Waals surface area (Å²) in [6, 6.07) is -0.0486. The molecule has 0 aromatic carbocycles. The van der Waals surface area contributed by atoms with Crippen molar-refractivity contribution in [2.24, 2.45) is 5.92 Å². The molecular weight excluding hydrogens is 282 g/mol. The van der Waals surface area contributed by atoms with Gasteiger partial charge in [0.1, 0.15) is 5.01 Å². The standard InChI is InChI=1S/C13H21N3OS.ClH/c1-8-4-5-14-11(6-8)12(17)16-10(3)13-15-9(2)7-18-13;/h7-8,10-11,14H,4-6H2,1-3H3,(H,16,17);1H. The average Bonchev–Trinajstić information content (AvgIpc) is 2.76. The van der Waals surface area contributed by atoms with Gasteiger partial charge in [-0.2, -0.15) is 0 Å². The summed E-state index contributed by atoms with van der Waals surface area (Å²) in [5.41, 5.74) is 1.01. The Morgan fingerprint density at radius 2 is 2.37 bits per heavy atom. The first-order chi connectivity index (χ1) is 8.56. The van der Waals surface area contributed by atoms with E-state index in [0.717, 1.165) is 30.1 Å². The molecule has 1 amide bonds. The van der Waals surface area contributed by atoms with Crippen LogP contribution in [0.2, 0.25) is 0 Å². The lowest BCUT2D eigenvalue weighted by molar-refractivity contribution is -0.124. The van der Waals surface area contributed by atoms with E-state index < -0.39 is 0 Å². The van der Waals surface area contributed by atoms with Crippen LogP contribution in [0, 0.1) is 12.8 Å². The number of aryl methyl sites for hydroxylation is 1. The molecular formula is C13H22ClN3OS. The number of hydrogen-bond donors (Lipinski definition) is 2. The molecule has 1 fully saturated rings. The molecule has 4 nitrogen and oxygen atoms in total. The Morgan fingerprint density at radius 1 is 1.63 bits per heavy atom. The van der Waals surface area contributed by atoms with Crippen LogP contribution in [0.1, 0.15) is 43.4 Å². The lowest BCUT2D eigenvalue weighted by Gasteiger charge is -2.28.